The molecule has 0 amide bonds. The van der Waals surface area contributed by atoms with E-state index in [4.69, 9.17) is 0 Å². The van der Waals surface area contributed by atoms with Gasteiger partial charge in [0.1, 0.15) is 0 Å². The molecule has 1 atom stereocenters. The van der Waals surface area contributed by atoms with E-state index in [0.717, 1.165) is 23.6 Å². The molecule has 0 radical (unpaired) electrons. The van der Waals surface area contributed by atoms with Gasteiger partial charge in [-0.25, -0.2) is 0 Å². The Kier molecular flexibility index (Phi) is 4.85. The number of nitrogens with one attached hydrogen (secondary N) is 2. The molecule has 0 saturated heterocycles. The molecule has 16 heavy (non-hydrogen) atoms. The zero-order valence-corrected chi connectivity index (χ0v) is 13.2. The van der Waals surface area contributed by atoms with Gasteiger partial charge >= 0.3 is 0 Å². The van der Waals surface area contributed by atoms with E-state index in [9.17, 15) is 0 Å². The van der Waals surface area contributed by atoms with Gasteiger partial charge in [0.15, 0.2) is 0 Å². The van der Waals surface area contributed by atoms with Crippen molar-refractivity contribution in [3.8, 4) is 0 Å². The molecule has 1 aliphatic carbocycles. The molecule has 2 nitrogen and oxygen atoms in total. The predicted molar refractivity (Wildman–Crippen MR) is 77.0 cm³/mol. The molecule has 1 aromatic rings. The Bertz CT molecular complexity index is 330. The van der Waals surface area contributed by atoms with E-state index in [0.29, 0.717) is 6.04 Å². The Morgan fingerprint density at radius 3 is 2.81 bits per heavy atom. The highest BCUT2D eigenvalue weighted by molar-refractivity contribution is 9.13. The number of halogens is 2. The van der Waals surface area contributed by atoms with Crippen molar-refractivity contribution in [2.45, 2.75) is 38.4 Å². The summed E-state index contributed by atoms with van der Waals surface area (Å²) in [7, 11) is 0. The molecule has 1 fully saturated rings. The first kappa shape index (κ1) is 13.0. The zero-order valence-electron chi connectivity index (χ0n) is 9.22. The van der Waals surface area contributed by atoms with Crippen molar-refractivity contribution in [2.24, 2.45) is 0 Å². The molecule has 0 spiro atoms. The average Bonchev–Trinajstić information content (AvgIpc) is 3.01. The lowest BCUT2D eigenvalue weighted by Crippen LogP contribution is -2.36. The fourth-order valence-electron chi connectivity index (χ4n) is 1.46. The Morgan fingerprint density at radius 2 is 2.25 bits per heavy atom. The zero-order chi connectivity index (χ0) is 11.5. The minimum absolute atomic E-state index is 0.528. The first-order valence-corrected chi connectivity index (χ1v) is 7.96. The van der Waals surface area contributed by atoms with Gasteiger partial charge in [0.25, 0.3) is 0 Å². The van der Waals surface area contributed by atoms with Crippen molar-refractivity contribution in [1.82, 2.24) is 10.6 Å². The van der Waals surface area contributed by atoms with Crippen LogP contribution in [0.25, 0.3) is 0 Å². The van der Waals surface area contributed by atoms with E-state index >= 15 is 0 Å². The van der Waals surface area contributed by atoms with Gasteiger partial charge in [0.05, 0.1) is 3.79 Å². The molecule has 2 N–H and O–H groups in total. The van der Waals surface area contributed by atoms with Crippen molar-refractivity contribution >= 4 is 43.2 Å². The average molecular weight is 368 g/mol. The van der Waals surface area contributed by atoms with Crippen LogP contribution in [0.5, 0.6) is 0 Å². The third-order valence-electron chi connectivity index (χ3n) is 2.61. The molecule has 1 heterocycles. The first-order chi connectivity index (χ1) is 7.65. The van der Waals surface area contributed by atoms with Gasteiger partial charge in [-0.2, -0.15) is 0 Å². The lowest BCUT2D eigenvalue weighted by Gasteiger charge is -2.13. The van der Waals surface area contributed by atoms with E-state index < -0.39 is 0 Å². The van der Waals surface area contributed by atoms with Gasteiger partial charge in [-0.05, 0) is 57.7 Å². The standard InChI is InChI=1S/C11H16Br2N2S/c1-7(5-15-8-2-3-8)14-6-9-4-10(12)11(13)16-9/h4,7-8,14-15H,2-3,5-6H2,1H3. The minimum Gasteiger partial charge on any atom is -0.312 e. The molecule has 1 aromatic heterocycles. The van der Waals surface area contributed by atoms with Crippen LogP contribution in [0.1, 0.15) is 24.6 Å². The summed E-state index contributed by atoms with van der Waals surface area (Å²) < 4.78 is 2.33. The topological polar surface area (TPSA) is 24.1 Å². The molecule has 1 unspecified atom stereocenters. The molecular formula is C11H16Br2N2S. The quantitative estimate of drug-likeness (QED) is 0.803. The van der Waals surface area contributed by atoms with Crippen molar-refractivity contribution in [1.29, 1.82) is 0 Å². The van der Waals surface area contributed by atoms with Crippen LogP contribution in [-0.4, -0.2) is 18.6 Å². The van der Waals surface area contributed by atoms with Crippen LogP contribution >= 0.6 is 43.2 Å². The van der Waals surface area contributed by atoms with Gasteiger partial charge < -0.3 is 10.6 Å². The molecule has 90 valence electrons. The van der Waals surface area contributed by atoms with Crippen molar-refractivity contribution in [2.75, 3.05) is 6.54 Å². The van der Waals surface area contributed by atoms with Crippen LogP contribution in [0.2, 0.25) is 0 Å². The Hall–Kier alpha value is 0.580. The van der Waals surface area contributed by atoms with Crippen LogP contribution in [0.15, 0.2) is 14.3 Å². The van der Waals surface area contributed by atoms with Crippen LogP contribution in [0.3, 0.4) is 0 Å². The highest BCUT2D eigenvalue weighted by Gasteiger charge is 2.20. The summed E-state index contributed by atoms with van der Waals surface area (Å²) in [6, 6.07) is 3.50. The summed E-state index contributed by atoms with van der Waals surface area (Å²) in [5, 5.41) is 7.06. The SMILES string of the molecule is CC(CNC1CC1)NCc1cc(Br)c(Br)s1. The van der Waals surface area contributed by atoms with Crippen molar-refractivity contribution < 1.29 is 0 Å². The van der Waals surface area contributed by atoms with Crippen molar-refractivity contribution in [3.63, 3.8) is 0 Å². The number of rotatable bonds is 6. The number of hydrogen-bond acceptors (Lipinski definition) is 3. The second kappa shape index (κ2) is 5.96. The number of thiophene rings is 1. The van der Waals surface area contributed by atoms with E-state index in [-0.39, 0.29) is 0 Å². The fraction of sp³-hybridized carbons (Fsp3) is 0.636. The number of hydrogen-bond donors (Lipinski definition) is 2. The Balaban J connectivity index is 1.68. The monoisotopic (exact) mass is 366 g/mol. The second-order valence-electron chi connectivity index (χ2n) is 4.30. The van der Waals surface area contributed by atoms with Crippen LogP contribution < -0.4 is 10.6 Å². The third kappa shape index (κ3) is 4.11. The summed E-state index contributed by atoms with van der Waals surface area (Å²) in [6.07, 6.45) is 2.72. The molecule has 1 aliphatic rings. The summed E-state index contributed by atoms with van der Waals surface area (Å²) in [5.74, 6) is 0. The van der Waals surface area contributed by atoms with E-state index in [1.807, 2.05) is 0 Å². The third-order valence-corrected chi connectivity index (χ3v) is 5.87. The van der Waals surface area contributed by atoms with Crippen LogP contribution in [0.4, 0.5) is 0 Å². The summed E-state index contributed by atoms with van der Waals surface area (Å²) >= 11 is 8.80. The highest BCUT2D eigenvalue weighted by atomic mass is 79.9. The maximum Gasteiger partial charge on any atom is 0.0843 e. The fourth-order valence-corrected chi connectivity index (χ4v) is 3.58. The lowest BCUT2D eigenvalue weighted by atomic mass is 10.3. The van der Waals surface area contributed by atoms with E-state index in [1.165, 1.54) is 21.5 Å². The van der Waals surface area contributed by atoms with Gasteiger partial charge in [-0.1, -0.05) is 0 Å². The largest absolute Gasteiger partial charge is 0.312 e. The van der Waals surface area contributed by atoms with Gasteiger partial charge in [-0.15, -0.1) is 11.3 Å². The second-order valence-corrected chi connectivity index (χ2v) is 7.61. The van der Waals surface area contributed by atoms with E-state index in [1.54, 1.807) is 11.3 Å². The highest BCUT2D eigenvalue weighted by Crippen LogP contribution is 2.32. The molecule has 2 rings (SSSR count). The summed E-state index contributed by atoms with van der Waals surface area (Å²) in [4.78, 5) is 1.36. The predicted octanol–water partition coefficient (Wildman–Crippen LogP) is 3.50. The summed E-state index contributed by atoms with van der Waals surface area (Å²) in [5.41, 5.74) is 0. The maximum atomic E-state index is 3.53. The van der Waals surface area contributed by atoms with Crippen LogP contribution in [0, 0.1) is 0 Å². The van der Waals surface area contributed by atoms with E-state index in [2.05, 4.69) is 55.5 Å². The molecule has 0 aromatic carbocycles. The van der Waals surface area contributed by atoms with Gasteiger partial charge in [0.2, 0.25) is 0 Å². The molecule has 0 aliphatic heterocycles. The lowest BCUT2D eigenvalue weighted by molar-refractivity contribution is 0.502. The molecule has 1 saturated carbocycles. The first-order valence-electron chi connectivity index (χ1n) is 5.55. The summed E-state index contributed by atoms with van der Waals surface area (Å²) in [6.45, 7) is 4.24. The Labute approximate surface area is 117 Å². The molecule has 5 heteroatoms. The van der Waals surface area contributed by atoms with Crippen LogP contribution in [-0.2, 0) is 6.54 Å². The maximum absolute atomic E-state index is 3.53. The normalized spacial score (nSPS) is 17.7. The minimum atomic E-state index is 0.528. The van der Waals surface area contributed by atoms with Crippen molar-refractivity contribution in [3.05, 3.63) is 19.2 Å². The molecular weight excluding hydrogens is 352 g/mol. The molecule has 0 bridgehead atoms. The smallest absolute Gasteiger partial charge is 0.0843 e. The Morgan fingerprint density at radius 1 is 1.50 bits per heavy atom. The van der Waals surface area contributed by atoms with Gasteiger partial charge in [-0.3, -0.25) is 0 Å². The van der Waals surface area contributed by atoms with Gasteiger partial charge in [0, 0.05) is 34.5 Å².